The molecular weight excluding hydrogens is 560 g/mol. The van der Waals surface area contributed by atoms with Crippen LogP contribution in [0.25, 0.3) is 5.76 Å². The molecule has 10 nitrogen and oxygen atoms in total. The van der Waals surface area contributed by atoms with E-state index in [0.717, 1.165) is 24.2 Å². The van der Waals surface area contributed by atoms with Crippen molar-refractivity contribution in [3.8, 4) is 17.2 Å². The minimum Gasteiger partial charge on any atom is -0.507 e. The summed E-state index contributed by atoms with van der Waals surface area (Å²) < 4.78 is 21.8. The van der Waals surface area contributed by atoms with E-state index in [1.54, 1.807) is 55.5 Å². The van der Waals surface area contributed by atoms with E-state index in [0.29, 0.717) is 40.7 Å². The van der Waals surface area contributed by atoms with Gasteiger partial charge in [-0.2, -0.15) is 0 Å². The summed E-state index contributed by atoms with van der Waals surface area (Å²) in [5.74, 6) is -1.40. The van der Waals surface area contributed by atoms with Crippen LogP contribution in [0.5, 0.6) is 17.2 Å². The number of methoxy groups -OCH3 is 2. The molecule has 0 aliphatic carbocycles. The van der Waals surface area contributed by atoms with E-state index < -0.39 is 23.7 Å². The Morgan fingerprint density at radius 2 is 1.86 bits per heavy atom. The van der Waals surface area contributed by atoms with Gasteiger partial charge in [-0.15, -0.1) is 0 Å². The Labute approximate surface area is 247 Å². The van der Waals surface area contributed by atoms with Gasteiger partial charge in [-0.3, -0.25) is 14.5 Å². The van der Waals surface area contributed by atoms with Gasteiger partial charge in [0.2, 0.25) is 0 Å². The number of carbonyl (C=O) groups is 3. The van der Waals surface area contributed by atoms with Gasteiger partial charge in [-0.25, -0.2) is 9.78 Å². The number of unbranched alkanes of at least 4 members (excludes halogenated alkanes) is 1. The van der Waals surface area contributed by atoms with Gasteiger partial charge in [-0.05, 0) is 55.3 Å². The highest BCUT2D eigenvalue weighted by molar-refractivity contribution is 7.17. The summed E-state index contributed by atoms with van der Waals surface area (Å²) >= 11 is 0.918. The first-order valence-corrected chi connectivity index (χ1v) is 14.1. The molecule has 1 amide bonds. The van der Waals surface area contributed by atoms with Gasteiger partial charge >= 0.3 is 11.9 Å². The molecule has 220 valence electrons. The minimum atomic E-state index is -1.09. The van der Waals surface area contributed by atoms with Crippen LogP contribution in [-0.4, -0.2) is 55.2 Å². The molecule has 1 fully saturated rings. The summed E-state index contributed by atoms with van der Waals surface area (Å²) in [7, 11) is 2.71. The van der Waals surface area contributed by atoms with E-state index in [4.69, 9.17) is 18.9 Å². The molecule has 1 aromatic heterocycles. The van der Waals surface area contributed by atoms with E-state index in [-0.39, 0.29) is 27.9 Å². The number of ketones is 1. The molecule has 1 atom stereocenters. The van der Waals surface area contributed by atoms with Crippen molar-refractivity contribution in [3.05, 3.63) is 82.4 Å². The van der Waals surface area contributed by atoms with E-state index in [1.807, 2.05) is 0 Å². The van der Waals surface area contributed by atoms with Crippen LogP contribution in [0.4, 0.5) is 5.13 Å². The third-order valence-electron chi connectivity index (χ3n) is 6.56. The summed E-state index contributed by atoms with van der Waals surface area (Å²) in [6, 6.07) is 10.5. The lowest BCUT2D eigenvalue weighted by Crippen LogP contribution is -2.29. The molecule has 2 aromatic carbocycles. The van der Waals surface area contributed by atoms with Gasteiger partial charge < -0.3 is 24.1 Å². The maximum atomic E-state index is 13.6. The number of esters is 1. The monoisotopic (exact) mass is 592 g/mol. The highest BCUT2D eigenvalue weighted by Crippen LogP contribution is 2.45. The smallest absolute Gasteiger partial charge is 0.350 e. The Bertz CT molecular complexity index is 1530. The predicted octanol–water partition coefficient (Wildman–Crippen LogP) is 5.62. The number of aryl methyl sites for hydroxylation is 1. The largest absolute Gasteiger partial charge is 0.507 e. The summed E-state index contributed by atoms with van der Waals surface area (Å²) in [5, 5.41) is 11.6. The van der Waals surface area contributed by atoms with Gasteiger partial charge in [0.15, 0.2) is 16.6 Å². The molecule has 42 heavy (non-hydrogen) atoms. The Kier molecular flexibility index (Phi) is 9.64. The highest BCUT2D eigenvalue weighted by atomic mass is 32.1. The molecule has 0 radical (unpaired) electrons. The molecule has 3 aromatic rings. The molecule has 1 N–H and O–H groups in total. The van der Waals surface area contributed by atoms with Crippen molar-refractivity contribution in [2.75, 3.05) is 32.3 Å². The van der Waals surface area contributed by atoms with Crippen LogP contribution in [0.1, 0.15) is 52.3 Å². The van der Waals surface area contributed by atoms with Crippen molar-refractivity contribution in [2.45, 2.75) is 32.7 Å². The van der Waals surface area contributed by atoms with Crippen molar-refractivity contribution in [1.29, 1.82) is 0 Å². The summed E-state index contributed by atoms with van der Waals surface area (Å²) in [4.78, 5) is 45.2. The first-order chi connectivity index (χ1) is 20.2. The molecule has 0 bridgehead atoms. The molecule has 1 aliphatic rings. The molecule has 2 heterocycles. The fraction of sp³-hybridized carbons (Fsp3) is 0.290. The summed E-state index contributed by atoms with van der Waals surface area (Å²) in [6.45, 7) is 8.12. The van der Waals surface area contributed by atoms with Crippen LogP contribution in [-0.2, 0) is 14.3 Å². The van der Waals surface area contributed by atoms with E-state index in [9.17, 15) is 19.5 Å². The fourth-order valence-electron chi connectivity index (χ4n) is 4.43. The fourth-order valence-corrected chi connectivity index (χ4v) is 5.45. The number of nitrogens with zero attached hydrogens (tertiary/aromatic N) is 2. The van der Waals surface area contributed by atoms with Gasteiger partial charge in [-0.1, -0.05) is 43.4 Å². The van der Waals surface area contributed by atoms with Crippen LogP contribution >= 0.6 is 11.3 Å². The molecular formula is C31H32N2O8S. The maximum Gasteiger partial charge on any atom is 0.350 e. The summed E-state index contributed by atoms with van der Waals surface area (Å²) in [6.07, 6.45) is 3.48. The first kappa shape index (κ1) is 30.3. The summed E-state index contributed by atoms with van der Waals surface area (Å²) in [5.41, 5.74) is 0.968. The zero-order valence-corrected chi connectivity index (χ0v) is 24.7. The quantitative estimate of drug-likeness (QED) is 0.0713. The lowest BCUT2D eigenvalue weighted by atomic mass is 9.95. The predicted molar refractivity (Wildman–Crippen MR) is 159 cm³/mol. The second kappa shape index (κ2) is 13.3. The number of ether oxygens (including phenoxy) is 4. The molecule has 4 rings (SSSR count). The number of thiazole rings is 1. The molecule has 1 saturated heterocycles. The van der Waals surface area contributed by atoms with E-state index in [1.165, 1.54) is 19.1 Å². The van der Waals surface area contributed by atoms with Crippen molar-refractivity contribution >= 4 is 39.9 Å². The first-order valence-electron chi connectivity index (χ1n) is 13.3. The average molecular weight is 593 g/mol. The molecule has 11 heteroatoms. The van der Waals surface area contributed by atoms with Crippen LogP contribution in [0.2, 0.25) is 0 Å². The topological polar surface area (TPSA) is 124 Å². The van der Waals surface area contributed by atoms with Gasteiger partial charge in [0, 0.05) is 5.56 Å². The third-order valence-corrected chi connectivity index (χ3v) is 7.70. The number of benzene rings is 2. The molecule has 0 unspecified atom stereocenters. The van der Waals surface area contributed by atoms with Crippen LogP contribution in [0, 0.1) is 6.92 Å². The number of amides is 1. The lowest BCUT2D eigenvalue weighted by Gasteiger charge is -2.24. The Morgan fingerprint density at radius 1 is 1.12 bits per heavy atom. The number of aromatic nitrogens is 1. The van der Waals surface area contributed by atoms with Crippen LogP contribution in [0.3, 0.4) is 0 Å². The van der Waals surface area contributed by atoms with Crippen molar-refractivity contribution in [1.82, 2.24) is 4.98 Å². The van der Waals surface area contributed by atoms with Gasteiger partial charge in [0.05, 0.1) is 38.1 Å². The van der Waals surface area contributed by atoms with Crippen molar-refractivity contribution < 1.29 is 38.4 Å². The van der Waals surface area contributed by atoms with E-state index in [2.05, 4.69) is 18.5 Å². The van der Waals surface area contributed by atoms with Gasteiger partial charge in [0.25, 0.3) is 5.78 Å². The number of aliphatic hydroxyl groups is 1. The van der Waals surface area contributed by atoms with E-state index >= 15 is 0 Å². The zero-order chi connectivity index (χ0) is 30.4. The number of rotatable bonds is 12. The lowest BCUT2D eigenvalue weighted by molar-refractivity contribution is -0.132. The number of anilines is 1. The highest BCUT2D eigenvalue weighted by Gasteiger charge is 2.48. The number of carbonyl (C=O) groups excluding carboxylic acids is 3. The average Bonchev–Trinajstić information content (AvgIpc) is 3.51. The molecule has 0 spiro atoms. The van der Waals surface area contributed by atoms with Crippen LogP contribution < -0.4 is 19.1 Å². The number of hydrogen-bond donors (Lipinski definition) is 1. The SMILES string of the molecule is C=CCOc1ccc([C@H]2C(=C(O)c3ccc(OCCCC)cc3)C(=O)C(=O)N2c2nc(C)c(C(=O)OC)s2)cc1OC. The molecule has 1 aliphatic heterocycles. The minimum absolute atomic E-state index is 0.102. The Hall–Kier alpha value is -4.64. The Balaban J connectivity index is 1.86. The van der Waals surface area contributed by atoms with Crippen molar-refractivity contribution in [3.63, 3.8) is 0 Å². The third kappa shape index (κ3) is 6.01. The standard InChI is InChI=1S/C31H32N2O8S/c1-6-8-16-40-21-12-9-19(10-13-21)26(34)24-25(20-11-14-22(41-15-7-2)23(17-20)38-4)33(29(36)27(24)35)31-32-18(3)28(42-31)30(37)39-5/h7,9-14,17,25,34H,2,6,8,15-16H2,1,3-5H3/t25-/m0/s1. The van der Waals surface area contributed by atoms with Crippen LogP contribution in [0.15, 0.2) is 60.7 Å². The number of hydrogen-bond acceptors (Lipinski definition) is 10. The normalized spacial score (nSPS) is 15.9. The van der Waals surface area contributed by atoms with Gasteiger partial charge in [0.1, 0.15) is 23.0 Å². The second-order valence-corrected chi connectivity index (χ2v) is 10.3. The van der Waals surface area contributed by atoms with Crippen molar-refractivity contribution in [2.24, 2.45) is 0 Å². The number of aliphatic hydroxyl groups excluding tert-OH is 1. The maximum absolute atomic E-state index is 13.6. The Morgan fingerprint density at radius 3 is 2.50 bits per heavy atom. The molecule has 0 saturated carbocycles. The second-order valence-electron chi connectivity index (χ2n) is 9.31. The number of Topliss-reactive ketones (excluding diaryl/α,β-unsaturated/α-hetero) is 1. The zero-order valence-electron chi connectivity index (χ0n) is 23.8.